The highest BCUT2D eigenvalue weighted by molar-refractivity contribution is 7.89. The summed E-state index contributed by atoms with van der Waals surface area (Å²) in [5, 5.41) is 2.41. The number of aromatic nitrogens is 1. The lowest BCUT2D eigenvalue weighted by Gasteiger charge is -2.19. The molecule has 27 heavy (non-hydrogen) atoms. The van der Waals surface area contributed by atoms with E-state index >= 15 is 0 Å². The van der Waals surface area contributed by atoms with Crippen molar-refractivity contribution in [3.63, 3.8) is 0 Å². The van der Waals surface area contributed by atoms with E-state index in [4.69, 9.17) is 4.74 Å². The lowest BCUT2D eigenvalue weighted by Crippen LogP contribution is -2.23. The second-order valence-electron chi connectivity index (χ2n) is 7.14. The second-order valence-corrected chi connectivity index (χ2v) is 9.77. The van der Waals surface area contributed by atoms with Gasteiger partial charge in [-0.2, -0.15) is 0 Å². The molecular formula is C20H22N2O3S2. The molecule has 0 unspecified atom stereocenters. The smallest absolute Gasteiger partial charge is 0.278 e. The molecule has 0 aliphatic heterocycles. The van der Waals surface area contributed by atoms with Gasteiger partial charge in [0, 0.05) is 18.1 Å². The predicted molar refractivity (Wildman–Crippen MR) is 108 cm³/mol. The Balaban J connectivity index is 1.63. The topological polar surface area (TPSA) is 68.3 Å². The molecule has 1 N–H and O–H groups in total. The van der Waals surface area contributed by atoms with Crippen LogP contribution in [0.4, 0.5) is 0 Å². The van der Waals surface area contributed by atoms with Crippen LogP contribution in [0.2, 0.25) is 0 Å². The van der Waals surface area contributed by atoms with E-state index in [1.54, 1.807) is 30.5 Å². The number of sulfonamides is 1. The van der Waals surface area contributed by atoms with Crippen molar-refractivity contribution in [1.82, 2.24) is 9.71 Å². The summed E-state index contributed by atoms with van der Waals surface area (Å²) in [7, 11) is -3.56. The fraction of sp³-hybridized carbons (Fsp3) is 0.250. The summed E-state index contributed by atoms with van der Waals surface area (Å²) in [6.45, 7) is 6.49. The maximum Gasteiger partial charge on any atom is 0.278 e. The molecule has 0 saturated heterocycles. The zero-order valence-corrected chi connectivity index (χ0v) is 17.1. The van der Waals surface area contributed by atoms with Crippen LogP contribution in [0, 0.1) is 0 Å². The predicted octanol–water partition coefficient (Wildman–Crippen LogP) is 4.71. The molecule has 1 aromatic heterocycles. The summed E-state index contributed by atoms with van der Waals surface area (Å²) >= 11 is 1.41. The number of benzene rings is 2. The Kier molecular flexibility index (Phi) is 5.64. The fourth-order valence-electron chi connectivity index (χ4n) is 2.43. The van der Waals surface area contributed by atoms with E-state index in [-0.39, 0.29) is 16.9 Å². The van der Waals surface area contributed by atoms with Crippen molar-refractivity contribution >= 4 is 21.4 Å². The molecule has 0 aliphatic rings. The third-order valence-electron chi connectivity index (χ3n) is 4.04. The first-order valence-electron chi connectivity index (χ1n) is 8.50. The minimum Gasteiger partial charge on any atom is -0.431 e. The van der Waals surface area contributed by atoms with Crippen molar-refractivity contribution in [2.75, 3.05) is 0 Å². The van der Waals surface area contributed by atoms with Gasteiger partial charge in [-0.05, 0) is 40.8 Å². The first-order chi connectivity index (χ1) is 12.7. The summed E-state index contributed by atoms with van der Waals surface area (Å²) < 4.78 is 33.2. The minimum atomic E-state index is -3.56. The molecule has 5 nitrogen and oxygen atoms in total. The molecule has 0 fully saturated rings. The minimum absolute atomic E-state index is 0.0157. The number of hydrogen-bond acceptors (Lipinski definition) is 5. The van der Waals surface area contributed by atoms with Crippen LogP contribution < -0.4 is 9.46 Å². The monoisotopic (exact) mass is 402 g/mol. The highest BCUT2D eigenvalue weighted by Crippen LogP contribution is 2.24. The molecule has 0 atom stereocenters. The second kappa shape index (κ2) is 7.80. The molecule has 7 heteroatoms. The Morgan fingerprint density at radius 2 is 1.70 bits per heavy atom. The molecule has 142 valence electrons. The molecule has 3 aromatic rings. The molecule has 0 aliphatic carbocycles. The van der Waals surface area contributed by atoms with Crippen molar-refractivity contribution in [3.8, 4) is 10.9 Å². The SMILES string of the molecule is CC(C)(C)c1ccc(S(=O)(=O)NCc2ccc(Oc3nccs3)cc2)cc1. The van der Waals surface area contributed by atoms with Crippen LogP contribution in [0.3, 0.4) is 0 Å². The van der Waals surface area contributed by atoms with Crippen LogP contribution >= 0.6 is 11.3 Å². The molecule has 2 aromatic carbocycles. The van der Waals surface area contributed by atoms with Gasteiger partial charge in [0.15, 0.2) is 0 Å². The Bertz CT molecular complexity index is 973. The van der Waals surface area contributed by atoms with Crippen LogP contribution in [0.15, 0.2) is 65.0 Å². The maximum atomic E-state index is 12.5. The summed E-state index contributed by atoms with van der Waals surface area (Å²) in [6.07, 6.45) is 1.68. The Morgan fingerprint density at radius 3 is 2.26 bits per heavy atom. The highest BCUT2D eigenvalue weighted by Gasteiger charge is 2.17. The van der Waals surface area contributed by atoms with Crippen LogP contribution in [0.5, 0.6) is 10.9 Å². The standard InChI is InChI=1S/C20H22N2O3S2/c1-20(2,3)16-6-10-18(11-7-16)27(23,24)22-14-15-4-8-17(9-5-15)25-19-21-12-13-26-19/h4-13,22H,14H2,1-3H3. The number of nitrogens with one attached hydrogen (secondary N) is 1. The zero-order valence-electron chi connectivity index (χ0n) is 15.5. The van der Waals surface area contributed by atoms with Crippen LogP contribution in [-0.2, 0) is 22.0 Å². The number of ether oxygens (including phenoxy) is 1. The van der Waals surface area contributed by atoms with Crippen molar-refractivity contribution in [3.05, 3.63) is 71.2 Å². The third kappa shape index (κ3) is 5.15. The van der Waals surface area contributed by atoms with Gasteiger partial charge >= 0.3 is 0 Å². The molecule has 0 radical (unpaired) electrons. The highest BCUT2D eigenvalue weighted by atomic mass is 32.2. The first-order valence-corrected chi connectivity index (χ1v) is 10.9. The van der Waals surface area contributed by atoms with E-state index in [9.17, 15) is 8.42 Å². The van der Waals surface area contributed by atoms with Gasteiger partial charge in [0.1, 0.15) is 5.75 Å². The lowest BCUT2D eigenvalue weighted by molar-refractivity contribution is 0.478. The Labute approximate surface area is 164 Å². The van der Waals surface area contributed by atoms with E-state index in [0.717, 1.165) is 11.1 Å². The molecule has 3 rings (SSSR count). The van der Waals surface area contributed by atoms with Gasteiger partial charge in [-0.25, -0.2) is 18.1 Å². The first kappa shape index (κ1) is 19.5. The van der Waals surface area contributed by atoms with Crippen molar-refractivity contribution < 1.29 is 13.2 Å². The summed E-state index contributed by atoms with van der Waals surface area (Å²) in [4.78, 5) is 4.33. The lowest BCUT2D eigenvalue weighted by atomic mass is 9.87. The fourth-order valence-corrected chi connectivity index (χ4v) is 3.95. The average molecular weight is 403 g/mol. The number of thiazole rings is 1. The molecule has 0 amide bonds. The van der Waals surface area contributed by atoms with E-state index in [1.807, 2.05) is 29.6 Å². The summed E-state index contributed by atoms with van der Waals surface area (Å²) in [5.74, 6) is 0.661. The molecule has 0 spiro atoms. The average Bonchev–Trinajstić information content (AvgIpc) is 3.14. The zero-order chi connectivity index (χ0) is 19.5. The van der Waals surface area contributed by atoms with Gasteiger partial charge < -0.3 is 4.74 Å². The quantitative estimate of drug-likeness (QED) is 0.648. The van der Waals surface area contributed by atoms with Crippen LogP contribution in [0.25, 0.3) is 0 Å². The van der Waals surface area contributed by atoms with Gasteiger partial charge in [0.05, 0.1) is 4.90 Å². The van der Waals surface area contributed by atoms with Crippen molar-refractivity contribution in [2.24, 2.45) is 0 Å². The maximum absolute atomic E-state index is 12.5. The van der Waals surface area contributed by atoms with E-state index in [0.29, 0.717) is 10.9 Å². The number of nitrogens with zero attached hydrogens (tertiary/aromatic N) is 1. The van der Waals surface area contributed by atoms with Gasteiger partial charge in [-0.3, -0.25) is 0 Å². The summed E-state index contributed by atoms with van der Waals surface area (Å²) in [6, 6.07) is 14.3. The molecular weight excluding hydrogens is 380 g/mol. The van der Waals surface area contributed by atoms with Crippen LogP contribution in [-0.4, -0.2) is 13.4 Å². The number of rotatable bonds is 6. The normalized spacial score (nSPS) is 12.1. The van der Waals surface area contributed by atoms with Crippen molar-refractivity contribution in [1.29, 1.82) is 0 Å². The molecule has 0 bridgehead atoms. The Hall–Kier alpha value is -2.22. The summed E-state index contributed by atoms with van der Waals surface area (Å²) in [5.41, 5.74) is 1.92. The van der Waals surface area contributed by atoms with Crippen molar-refractivity contribution in [2.45, 2.75) is 37.6 Å². The molecule has 0 saturated carbocycles. The van der Waals surface area contributed by atoms with Gasteiger partial charge in [-0.15, -0.1) is 0 Å². The third-order valence-corrected chi connectivity index (χ3v) is 6.10. The molecule has 1 heterocycles. The van der Waals surface area contributed by atoms with Crippen LogP contribution in [0.1, 0.15) is 31.9 Å². The number of hydrogen-bond donors (Lipinski definition) is 1. The van der Waals surface area contributed by atoms with Gasteiger partial charge in [0.2, 0.25) is 10.0 Å². The van der Waals surface area contributed by atoms with Gasteiger partial charge in [0.25, 0.3) is 5.19 Å². The van der Waals surface area contributed by atoms with Gasteiger partial charge in [-0.1, -0.05) is 56.4 Å². The van der Waals surface area contributed by atoms with E-state index in [1.165, 1.54) is 11.3 Å². The van der Waals surface area contributed by atoms with E-state index < -0.39 is 10.0 Å². The van der Waals surface area contributed by atoms with E-state index in [2.05, 4.69) is 30.5 Å². The largest absolute Gasteiger partial charge is 0.431 e. The Morgan fingerprint density at radius 1 is 1.04 bits per heavy atom.